The molecule has 0 N–H and O–H groups in total. The molecule has 0 aliphatic carbocycles. The predicted octanol–water partition coefficient (Wildman–Crippen LogP) is 4.53. The molecule has 0 radical (unpaired) electrons. The Hall–Kier alpha value is -4.24. The van der Waals surface area contributed by atoms with Crippen molar-refractivity contribution in [2.45, 2.75) is 13.2 Å². The maximum atomic E-state index is 12.9. The summed E-state index contributed by atoms with van der Waals surface area (Å²) in [5, 5.41) is 0. The predicted molar refractivity (Wildman–Crippen MR) is 128 cm³/mol. The van der Waals surface area contributed by atoms with Crippen LogP contribution in [0, 0.1) is 0 Å². The smallest absolute Gasteiger partial charge is 0.326 e. The molecule has 2 aromatic carbocycles. The lowest BCUT2D eigenvalue weighted by molar-refractivity contribution is -0.146. The topological polar surface area (TPSA) is 96.5 Å². The lowest BCUT2D eigenvalue weighted by atomic mass is 10.2. The van der Waals surface area contributed by atoms with E-state index in [2.05, 4.69) is 9.97 Å². The lowest BCUT2D eigenvalue weighted by Gasteiger charge is -2.05. The maximum Gasteiger partial charge on any atom is 0.326 e. The number of hydrogen-bond acceptors (Lipinski definition) is 8. The van der Waals surface area contributed by atoms with Gasteiger partial charge in [0.2, 0.25) is 5.89 Å². The standard InChI is InChI=1S/C25H19N3O5S/c1-31-18-9-7-17(8-10-18)21-11-19-24(34-21)25(30)28(15-27-19)13-23(29)32-14-22-26-12-20(33-22)16-5-3-2-4-6-16/h2-12,15H,13-14H2,1H3. The molecule has 0 fully saturated rings. The molecular formula is C25H19N3O5S. The van der Waals surface area contributed by atoms with E-state index in [4.69, 9.17) is 13.9 Å². The molecule has 0 atom stereocenters. The Morgan fingerprint density at radius 3 is 2.62 bits per heavy atom. The first-order valence-electron chi connectivity index (χ1n) is 10.4. The number of fused-ring (bicyclic) bond motifs is 1. The molecule has 0 bridgehead atoms. The van der Waals surface area contributed by atoms with Crippen LogP contribution < -0.4 is 10.3 Å². The van der Waals surface area contributed by atoms with Crippen molar-refractivity contribution in [3.05, 3.63) is 89.4 Å². The van der Waals surface area contributed by atoms with E-state index in [-0.39, 0.29) is 24.6 Å². The summed E-state index contributed by atoms with van der Waals surface area (Å²) < 4.78 is 17.8. The van der Waals surface area contributed by atoms with Gasteiger partial charge in [0.05, 0.1) is 25.2 Å². The Morgan fingerprint density at radius 2 is 1.85 bits per heavy atom. The van der Waals surface area contributed by atoms with Crippen molar-refractivity contribution in [3.63, 3.8) is 0 Å². The summed E-state index contributed by atoms with van der Waals surface area (Å²) in [6, 6.07) is 18.9. The van der Waals surface area contributed by atoms with Crippen molar-refractivity contribution in [3.8, 4) is 27.5 Å². The number of benzene rings is 2. The van der Waals surface area contributed by atoms with Gasteiger partial charge in [-0.2, -0.15) is 0 Å². The number of aromatic nitrogens is 3. The minimum Gasteiger partial charge on any atom is -0.497 e. The van der Waals surface area contributed by atoms with E-state index >= 15 is 0 Å². The molecular weight excluding hydrogens is 454 g/mol. The Bertz CT molecular complexity index is 1500. The van der Waals surface area contributed by atoms with E-state index < -0.39 is 5.97 Å². The van der Waals surface area contributed by atoms with E-state index in [1.807, 2.05) is 60.7 Å². The van der Waals surface area contributed by atoms with Gasteiger partial charge < -0.3 is 13.9 Å². The number of rotatable bonds is 7. The Kier molecular flexibility index (Phi) is 5.92. The largest absolute Gasteiger partial charge is 0.497 e. The average Bonchev–Trinajstić information content (AvgIpc) is 3.53. The number of esters is 1. The number of carbonyl (C=O) groups is 1. The van der Waals surface area contributed by atoms with Gasteiger partial charge in [-0.05, 0) is 35.9 Å². The van der Waals surface area contributed by atoms with E-state index in [0.717, 1.165) is 21.8 Å². The zero-order chi connectivity index (χ0) is 23.5. The Morgan fingerprint density at radius 1 is 1.06 bits per heavy atom. The van der Waals surface area contributed by atoms with Crippen LogP contribution >= 0.6 is 11.3 Å². The molecule has 5 rings (SSSR count). The fourth-order valence-corrected chi connectivity index (χ4v) is 4.46. The number of carbonyl (C=O) groups excluding carboxylic acids is 1. The van der Waals surface area contributed by atoms with Crippen molar-refractivity contribution in [2.75, 3.05) is 7.11 Å². The van der Waals surface area contributed by atoms with E-state index in [1.54, 1.807) is 13.3 Å². The number of oxazole rings is 1. The molecule has 34 heavy (non-hydrogen) atoms. The van der Waals surface area contributed by atoms with Gasteiger partial charge in [-0.3, -0.25) is 14.2 Å². The first kappa shape index (κ1) is 21.6. The van der Waals surface area contributed by atoms with Crippen LogP contribution in [-0.2, 0) is 22.7 Å². The highest BCUT2D eigenvalue weighted by molar-refractivity contribution is 7.22. The van der Waals surface area contributed by atoms with Crippen LogP contribution in [0.5, 0.6) is 5.75 Å². The second-order valence-electron chi connectivity index (χ2n) is 7.38. The zero-order valence-corrected chi connectivity index (χ0v) is 19.0. The van der Waals surface area contributed by atoms with Gasteiger partial charge in [0.15, 0.2) is 12.4 Å². The minimum atomic E-state index is -0.588. The molecule has 5 aromatic rings. The molecule has 0 aliphatic heterocycles. The lowest BCUT2D eigenvalue weighted by Crippen LogP contribution is -2.25. The van der Waals surface area contributed by atoms with Crippen LogP contribution in [0.1, 0.15) is 5.89 Å². The van der Waals surface area contributed by atoms with Crippen molar-refractivity contribution in [1.29, 1.82) is 0 Å². The summed E-state index contributed by atoms with van der Waals surface area (Å²) in [6.07, 6.45) is 2.94. The molecule has 9 heteroatoms. The third-order valence-corrected chi connectivity index (χ3v) is 6.31. The highest BCUT2D eigenvalue weighted by Crippen LogP contribution is 2.31. The minimum absolute atomic E-state index is 0.128. The SMILES string of the molecule is COc1ccc(-c2cc3ncn(CC(=O)OCc4ncc(-c5ccccc5)o4)c(=O)c3s2)cc1. The molecule has 3 aromatic heterocycles. The fourth-order valence-electron chi connectivity index (χ4n) is 3.40. The van der Waals surface area contributed by atoms with E-state index in [9.17, 15) is 9.59 Å². The van der Waals surface area contributed by atoms with Gasteiger partial charge in [-0.25, -0.2) is 9.97 Å². The maximum absolute atomic E-state index is 12.9. The Balaban J connectivity index is 1.27. The van der Waals surface area contributed by atoms with Crippen LogP contribution in [0.4, 0.5) is 0 Å². The number of methoxy groups -OCH3 is 1. The molecule has 0 spiro atoms. The normalized spacial score (nSPS) is 11.0. The fraction of sp³-hybridized carbons (Fsp3) is 0.120. The highest BCUT2D eigenvalue weighted by atomic mass is 32.1. The molecule has 0 unspecified atom stereocenters. The first-order chi connectivity index (χ1) is 16.6. The summed E-state index contributed by atoms with van der Waals surface area (Å²) in [6.45, 7) is -0.388. The molecule has 8 nitrogen and oxygen atoms in total. The number of ether oxygens (including phenoxy) is 2. The molecule has 3 heterocycles. The molecule has 0 saturated carbocycles. The molecule has 0 saturated heterocycles. The monoisotopic (exact) mass is 473 g/mol. The summed E-state index contributed by atoms with van der Waals surface area (Å²) in [7, 11) is 1.61. The van der Waals surface area contributed by atoms with Crippen LogP contribution in [0.3, 0.4) is 0 Å². The number of hydrogen-bond donors (Lipinski definition) is 0. The third kappa shape index (κ3) is 4.46. The second kappa shape index (κ2) is 9.32. The van der Waals surface area contributed by atoms with Crippen molar-refractivity contribution >= 4 is 27.5 Å². The van der Waals surface area contributed by atoms with Crippen LogP contribution in [0.15, 0.2) is 82.4 Å². The second-order valence-corrected chi connectivity index (χ2v) is 8.43. The zero-order valence-electron chi connectivity index (χ0n) is 18.1. The van der Waals surface area contributed by atoms with E-state index in [1.165, 1.54) is 22.2 Å². The number of nitrogens with zero attached hydrogens (tertiary/aromatic N) is 3. The Labute approximate surface area is 198 Å². The summed E-state index contributed by atoms with van der Waals surface area (Å²) >= 11 is 1.33. The van der Waals surface area contributed by atoms with Gasteiger partial charge in [-0.1, -0.05) is 30.3 Å². The van der Waals surface area contributed by atoms with E-state index in [0.29, 0.717) is 16.0 Å². The summed E-state index contributed by atoms with van der Waals surface area (Å²) in [5.41, 5.74) is 2.12. The quantitative estimate of drug-likeness (QED) is 0.320. The van der Waals surface area contributed by atoms with Gasteiger partial charge in [0.25, 0.3) is 5.56 Å². The van der Waals surface area contributed by atoms with Crippen molar-refractivity contribution < 1.29 is 18.7 Å². The van der Waals surface area contributed by atoms with Crippen LogP contribution in [-0.4, -0.2) is 27.6 Å². The molecule has 0 aliphatic rings. The van der Waals surface area contributed by atoms with Gasteiger partial charge in [0, 0.05) is 10.4 Å². The van der Waals surface area contributed by atoms with Crippen molar-refractivity contribution in [2.24, 2.45) is 0 Å². The molecule has 170 valence electrons. The summed E-state index contributed by atoms with van der Waals surface area (Å²) in [4.78, 5) is 34.7. The third-order valence-electron chi connectivity index (χ3n) is 5.15. The van der Waals surface area contributed by atoms with Crippen LogP contribution in [0.2, 0.25) is 0 Å². The van der Waals surface area contributed by atoms with Gasteiger partial charge >= 0.3 is 5.97 Å². The van der Waals surface area contributed by atoms with Gasteiger partial charge in [-0.15, -0.1) is 11.3 Å². The van der Waals surface area contributed by atoms with Crippen molar-refractivity contribution in [1.82, 2.24) is 14.5 Å². The average molecular weight is 474 g/mol. The first-order valence-corrected chi connectivity index (χ1v) is 11.2. The molecule has 0 amide bonds. The van der Waals surface area contributed by atoms with Gasteiger partial charge in [0.1, 0.15) is 17.0 Å². The number of thiophene rings is 1. The highest BCUT2D eigenvalue weighted by Gasteiger charge is 2.14. The summed E-state index contributed by atoms with van der Waals surface area (Å²) in [5.74, 6) is 1.03. The van der Waals surface area contributed by atoms with Crippen LogP contribution in [0.25, 0.3) is 32.0 Å².